The lowest BCUT2D eigenvalue weighted by Gasteiger charge is -2.17. The van der Waals surface area contributed by atoms with Gasteiger partial charge in [0.15, 0.2) is 0 Å². The third-order valence-corrected chi connectivity index (χ3v) is 7.85. The van der Waals surface area contributed by atoms with Crippen LogP contribution in [0.5, 0.6) is 0 Å². The second-order valence-electron chi connectivity index (χ2n) is 6.76. The van der Waals surface area contributed by atoms with Crippen LogP contribution in [0, 0.1) is 0 Å². The van der Waals surface area contributed by atoms with Crippen molar-refractivity contribution in [1.82, 2.24) is 19.2 Å². The average Bonchev–Trinajstić information content (AvgIpc) is 3.36. The molecule has 162 valence electrons. The van der Waals surface area contributed by atoms with E-state index in [1.54, 1.807) is 42.6 Å². The van der Waals surface area contributed by atoms with E-state index in [4.69, 9.17) is 0 Å². The maximum Gasteiger partial charge on any atom is 0.320 e. The number of carbonyl (C=O) groups excluding carboxylic acids is 1. The number of alkyl halides is 2. The van der Waals surface area contributed by atoms with Crippen molar-refractivity contribution in [3.8, 4) is 0 Å². The summed E-state index contributed by atoms with van der Waals surface area (Å²) >= 11 is 1.13. The van der Waals surface area contributed by atoms with E-state index >= 15 is 0 Å². The SMILES string of the molecule is CC(NC(=O)CCCN(C)S(=O)(=O)c1cccs1)c1nc2ccccc2n1C(F)F. The van der Waals surface area contributed by atoms with Crippen molar-refractivity contribution in [3.63, 3.8) is 0 Å². The molecular formula is C19H22F2N4O3S2. The summed E-state index contributed by atoms with van der Waals surface area (Å²) < 4.78 is 54.1. The predicted molar refractivity (Wildman–Crippen MR) is 111 cm³/mol. The largest absolute Gasteiger partial charge is 0.346 e. The molecule has 0 saturated heterocycles. The molecule has 0 spiro atoms. The molecule has 0 aliphatic carbocycles. The van der Waals surface area contributed by atoms with Gasteiger partial charge in [0.1, 0.15) is 10.0 Å². The number of rotatable bonds is 9. The van der Waals surface area contributed by atoms with E-state index in [1.807, 2.05) is 0 Å². The molecule has 3 rings (SSSR count). The summed E-state index contributed by atoms with van der Waals surface area (Å²) in [6, 6.07) is 9.00. The van der Waals surface area contributed by atoms with Crippen LogP contribution in [0.1, 0.15) is 38.2 Å². The van der Waals surface area contributed by atoms with E-state index in [0.29, 0.717) is 17.5 Å². The number of fused-ring (bicyclic) bond motifs is 1. The van der Waals surface area contributed by atoms with Gasteiger partial charge in [0.2, 0.25) is 5.91 Å². The highest BCUT2D eigenvalue weighted by atomic mass is 32.2. The van der Waals surface area contributed by atoms with Gasteiger partial charge in [-0.2, -0.15) is 8.78 Å². The number of para-hydroxylation sites is 2. The van der Waals surface area contributed by atoms with Gasteiger partial charge in [0, 0.05) is 20.0 Å². The summed E-state index contributed by atoms with van der Waals surface area (Å²) in [6.45, 7) is -1.04. The average molecular weight is 457 g/mol. The zero-order valence-electron chi connectivity index (χ0n) is 16.5. The Labute approximate surface area is 177 Å². The van der Waals surface area contributed by atoms with Crippen LogP contribution < -0.4 is 5.32 Å². The first-order valence-corrected chi connectivity index (χ1v) is 11.6. The van der Waals surface area contributed by atoms with Crippen molar-refractivity contribution in [2.45, 2.75) is 36.6 Å². The van der Waals surface area contributed by atoms with Gasteiger partial charge in [0.25, 0.3) is 10.0 Å². The molecule has 2 heterocycles. The number of hydrogen-bond acceptors (Lipinski definition) is 5. The van der Waals surface area contributed by atoms with Crippen molar-refractivity contribution < 1.29 is 22.0 Å². The maximum absolute atomic E-state index is 13.6. The smallest absolute Gasteiger partial charge is 0.320 e. The number of nitrogens with zero attached hydrogens (tertiary/aromatic N) is 3. The van der Waals surface area contributed by atoms with Gasteiger partial charge in [-0.3, -0.25) is 9.36 Å². The van der Waals surface area contributed by atoms with E-state index < -0.39 is 22.6 Å². The highest BCUT2D eigenvalue weighted by Crippen LogP contribution is 2.26. The van der Waals surface area contributed by atoms with Crippen LogP contribution in [0.3, 0.4) is 0 Å². The zero-order chi connectivity index (χ0) is 21.9. The van der Waals surface area contributed by atoms with Gasteiger partial charge in [-0.25, -0.2) is 17.7 Å². The Kier molecular flexibility index (Phi) is 6.84. The second kappa shape index (κ2) is 9.19. The summed E-state index contributed by atoms with van der Waals surface area (Å²) in [4.78, 5) is 16.5. The Bertz CT molecular complexity index is 1110. The van der Waals surface area contributed by atoms with Crippen molar-refractivity contribution in [1.29, 1.82) is 0 Å². The molecule has 0 aliphatic rings. The van der Waals surface area contributed by atoms with Gasteiger partial charge in [0.05, 0.1) is 17.1 Å². The molecule has 3 aromatic rings. The quantitative estimate of drug-likeness (QED) is 0.531. The van der Waals surface area contributed by atoms with Gasteiger partial charge in [-0.05, 0) is 36.9 Å². The lowest BCUT2D eigenvalue weighted by atomic mass is 10.2. The van der Waals surface area contributed by atoms with Gasteiger partial charge in [-0.15, -0.1) is 11.3 Å². The van der Waals surface area contributed by atoms with Crippen LogP contribution in [0.4, 0.5) is 8.78 Å². The molecule has 11 heteroatoms. The van der Waals surface area contributed by atoms with Crippen LogP contribution in [-0.4, -0.2) is 41.8 Å². The minimum absolute atomic E-state index is 0.0591. The summed E-state index contributed by atoms with van der Waals surface area (Å²) in [7, 11) is -2.11. The number of imidazole rings is 1. The van der Waals surface area contributed by atoms with Crippen molar-refractivity contribution in [2.24, 2.45) is 0 Å². The first-order chi connectivity index (χ1) is 14.2. The van der Waals surface area contributed by atoms with Crippen LogP contribution in [0.25, 0.3) is 11.0 Å². The molecule has 0 saturated carbocycles. The predicted octanol–water partition coefficient (Wildman–Crippen LogP) is 3.77. The van der Waals surface area contributed by atoms with Crippen LogP contribution >= 0.6 is 11.3 Å². The number of carbonyl (C=O) groups is 1. The topological polar surface area (TPSA) is 84.3 Å². The Morgan fingerprint density at radius 3 is 2.67 bits per heavy atom. The Balaban J connectivity index is 1.59. The van der Waals surface area contributed by atoms with Crippen LogP contribution in [0.15, 0.2) is 46.0 Å². The Morgan fingerprint density at radius 1 is 1.27 bits per heavy atom. The molecule has 7 nitrogen and oxygen atoms in total. The number of halogens is 2. The first-order valence-electron chi connectivity index (χ1n) is 9.26. The van der Waals surface area contributed by atoms with Crippen molar-refractivity contribution in [3.05, 3.63) is 47.6 Å². The van der Waals surface area contributed by atoms with E-state index in [0.717, 1.165) is 15.9 Å². The number of sulfonamides is 1. The third-order valence-electron chi connectivity index (χ3n) is 4.62. The van der Waals surface area contributed by atoms with Gasteiger partial charge >= 0.3 is 6.55 Å². The van der Waals surface area contributed by atoms with Gasteiger partial charge < -0.3 is 5.32 Å². The van der Waals surface area contributed by atoms with Crippen LogP contribution in [-0.2, 0) is 14.8 Å². The molecule has 1 unspecified atom stereocenters. The standard InChI is InChI=1S/C19H22F2N4O3S2/c1-13(18-23-14-7-3-4-8-15(14)25(18)19(20)21)22-16(26)9-5-11-24(2)30(27,28)17-10-6-12-29-17/h3-4,6-8,10,12-13,19H,5,9,11H2,1-2H3,(H,22,26). The molecule has 0 bridgehead atoms. The fraction of sp³-hybridized carbons (Fsp3) is 0.368. The molecular weight excluding hydrogens is 434 g/mol. The second-order valence-corrected chi connectivity index (χ2v) is 9.98. The molecule has 30 heavy (non-hydrogen) atoms. The number of amides is 1. The number of benzene rings is 1. The van der Waals surface area contributed by atoms with E-state index in [-0.39, 0.29) is 28.9 Å². The Morgan fingerprint density at radius 2 is 2.00 bits per heavy atom. The lowest BCUT2D eigenvalue weighted by Crippen LogP contribution is -2.31. The molecule has 2 aromatic heterocycles. The number of hydrogen-bond donors (Lipinski definition) is 1. The molecule has 0 aliphatic heterocycles. The Hall–Kier alpha value is -2.37. The zero-order valence-corrected chi connectivity index (χ0v) is 18.1. The highest BCUT2D eigenvalue weighted by molar-refractivity contribution is 7.91. The molecule has 0 radical (unpaired) electrons. The third kappa shape index (κ3) is 4.68. The highest BCUT2D eigenvalue weighted by Gasteiger charge is 2.24. The van der Waals surface area contributed by atoms with Crippen LogP contribution in [0.2, 0.25) is 0 Å². The summed E-state index contributed by atoms with van der Waals surface area (Å²) in [5.74, 6) is -0.297. The monoisotopic (exact) mass is 456 g/mol. The van der Waals surface area contributed by atoms with Crippen molar-refractivity contribution >= 4 is 38.3 Å². The normalized spacial score (nSPS) is 13.3. The number of thiophene rings is 1. The minimum atomic E-state index is -3.57. The fourth-order valence-corrected chi connectivity index (χ4v) is 5.51. The molecule has 0 fully saturated rings. The molecule has 1 N–H and O–H groups in total. The minimum Gasteiger partial charge on any atom is -0.346 e. The van der Waals surface area contributed by atoms with Crippen molar-refractivity contribution in [2.75, 3.05) is 13.6 Å². The van der Waals surface area contributed by atoms with Gasteiger partial charge in [-0.1, -0.05) is 18.2 Å². The lowest BCUT2D eigenvalue weighted by molar-refractivity contribution is -0.122. The first kappa shape index (κ1) is 22.3. The molecule has 1 atom stereocenters. The number of nitrogens with one attached hydrogen (secondary N) is 1. The van der Waals surface area contributed by atoms with E-state index in [2.05, 4.69) is 10.3 Å². The van der Waals surface area contributed by atoms with E-state index in [1.165, 1.54) is 17.4 Å². The fourth-order valence-electron chi connectivity index (χ4n) is 3.10. The molecule has 1 aromatic carbocycles. The summed E-state index contributed by atoms with van der Waals surface area (Å²) in [5, 5.41) is 4.35. The van der Waals surface area contributed by atoms with E-state index in [9.17, 15) is 22.0 Å². The summed E-state index contributed by atoms with van der Waals surface area (Å²) in [6.07, 6.45) is 0.356. The summed E-state index contributed by atoms with van der Waals surface area (Å²) in [5.41, 5.74) is 0.721. The maximum atomic E-state index is 13.6. The molecule has 1 amide bonds. The number of aromatic nitrogens is 2.